The first kappa shape index (κ1) is 15.6. The molecule has 1 amide bonds. The van der Waals surface area contributed by atoms with E-state index in [1.54, 1.807) is 18.2 Å². The van der Waals surface area contributed by atoms with Gasteiger partial charge < -0.3 is 5.32 Å². The molecule has 0 bridgehead atoms. The minimum atomic E-state index is -3.72. The molecule has 0 unspecified atom stereocenters. The van der Waals surface area contributed by atoms with Crippen molar-refractivity contribution in [1.82, 2.24) is 4.72 Å². The first-order valence-electron chi connectivity index (χ1n) is 7.02. The molecule has 0 aliphatic carbocycles. The van der Waals surface area contributed by atoms with Gasteiger partial charge in [-0.15, -0.1) is 0 Å². The number of anilines is 1. The highest BCUT2D eigenvalue weighted by atomic mass is 32.2. The second-order valence-electron chi connectivity index (χ2n) is 5.45. The van der Waals surface area contributed by atoms with Crippen molar-refractivity contribution >= 4 is 21.6 Å². The van der Waals surface area contributed by atoms with Crippen molar-refractivity contribution in [3.63, 3.8) is 0 Å². The maximum atomic E-state index is 13.2. The van der Waals surface area contributed by atoms with Gasteiger partial charge in [-0.3, -0.25) is 4.79 Å². The van der Waals surface area contributed by atoms with E-state index in [-0.39, 0.29) is 22.9 Å². The van der Waals surface area contributed by atoms with E-state index >= 15 is 0 Å². The number of halogens is 1. The first-order chi connectivity index (χ1) is 10.8. The van der Waals surface area contributed by atoms with Crippen molar-refractivity contribution in [2.75, 3.05) is 5.32 Å². The summed E-state index contributed by atoms with van der Waals surface area (Å²) in [6, 6.07) is 8.97. The second kappa shape index (κ2) is 5.75. The number of benzene rings is 2. The Balaban J connectivity index is 1.76. The molecule has 120 valence electrons. The first-order valence-corrected chi connectivity index (χ1v) is 8.51. The number of amides is 1. The number of aryl methyl sites for hydroxylation is 1. The smallest absolute Gasteiger partial charge is 0.240 e. The third-order valence-electron chi connectivity index (χ3n) is 3.70. The monoisotopic (exact) mass is 334 g/mol. The Morgan fingerprint density at radius 1 is 1.22 bits per heavy atom. The van der Waals surface area contributed by atoms with Gasteiger partial charge in [0.1, 0.15) is 5.82 Å². The van der Waals surface area contributed by atoms with Gasteiger partial charge in [-0.25, -0.2) is 17.5 Å². The third kappa shape index (κ3) is 3.25. The molecule has 23 heavy (non-hydrogen) atoms. The highest BCUT2D eigenvalue weighted by molar-refractivity contribution is 7.89. The molecule has 0 radical (unpaired) electrons. The quantitative estimate of drug-likeness (QED) is 0.899. The number of hydrogen-bond acceptors (Lipinski definition) is 3. The van der Waals surface area contributed by atoms with E-state index in [2.05, 4.69) is 10.0 Å². The molecule has 0 saturated carbocycles. The van der Waals surface area contributed by atoms with Crippen molar-refractivity contribution < 1.29 is 17.6 Å². The van der Waals surface area contributed by atoms with E-state index < -0.39 is 15.8 Å². The van der Waals surface area contributed by atoms with Crippen molar-refractivity contribution in [1.29, 1.82) is 0 Å². The van der Waals surface area contributed by atoms with Crippen LogP contribution in [0.1, 0.15) is 16.7 Å². The van der Waals surface area contributed by atoms with Crippen LogP contribution in [0.4, 0.5) is 10.1 Å². The van der Waals surface area contributed by atoms with Crippen LogP contribution in [0.3, 0.4) is 0 Å². The van der Waals surface area contributed by atoms with Crippen LogP contribution >= 0.6 is 0 Å². The van der Waals surface area contributed by atoms with Gasteiger partial charge in [0, 0.05) is 12.2 Å². The van der Waals surface area contributed by atoms with Crippen LogP contribution in [0.15, 0.2) is 41.3 Å². The summed E-state index contributed by atoms with van der Waals surface area (Å²) in [5.74, 6) is -0.515. The van der Waals surface area contributed by atoms with Crippen molar-refractivity contribution in [3.8, 4) is 0 Å². The lowest BCUT2D eigenvalue weighted by Gasteiger charge is -2.09. The molecule has 2 aromatic carbocycles. The lowest BCUT2D eigenvalue weighted by atomic mass is 10.1. The molecule has 3 rings (SSSR count). The normalized spacial score (nSPS) is 13.7. The Kier molecular flexibility index (Phi) is 3.91. The van der Waals surface area contributed by atoms with E-state index in [4.69, 9.17) is 0 Å². The second-order valence-corrected chi connectivity index (χ2v) is 7.22. The predicted molar refractivity (Wildman–Crippen MR) is 83.9 cm³/mol. The molecule has 0 spiro atoms. The van der Waals surface area contributed by atoms with Gasteiger partial charge in [-0.2, -0.15) is 0 Å². The summed E-state index contributed by atoms with van der Waals surface area (Å²) in [7, 11) is -3.72. The van der Waals surface area contributed by atoms with E-state index in [1.165, 1.54) is 19.1 Å². The summed E-state index contributed by atoms with van der Waals surface area (Å²) in [6.07, 6.45) is 0.299. The maximum absolute atomic E-state index is 13.2. The minimum absolute atomic E-state index is 0.0226. The summed E-state index contributed by atoms with van der Waals surface area (Å²) in [6.45, 7) is 1.61. The number of carbonyl (C=O) groups is 1. The van der Waals surface area contributed by atoms with E-state index in [0.717, 1.165) is 22.9 Å². The van der Waals surface area contributed by atoms with Gasteiger partial charge in [0.05, 0.1) is 11.3 Å². The molecular formula is C16H15FN2O3S. The van der Waals surface area contributed by atoms with Crippen LogP contribution in [0.2, 0.25) is 0 Å². The van der Waals surface area contributed by atoms with Crippen LogP contribution in [-0.2, 0) is 27.8 Å². The number of nitrogens with one attached hydrogen (secondary N) is 2. The number of carbonyl (C=O) groups excluding carboxylic acids is 1. The van der Waals surface area contributed by atoms with Gasteiger partial charge in [0.2, 0.25) is 15.9 Å². The summed E-state index contributed by atoms with van der Waals surface area (Å²) in [5.41, 5.74) is 2.64. The molecule has 1 aliphatic heterocycles. The molecular weight excluding hydrogens is 319 g/mol. The highest BCUT2D eigenvalue weighted by Crippen LogP contribution is 2.24. The lowest BCUT2D eigenvalue weighted by molar-refractivity contribution is -0.115. The molecule has 0 aromatic heterocycles. The van der Waals surface area contributed by atoms with Gasteiger partial charge in [0.15, 0.2) is 0 Å². The fourth-order valence-corrected chi connectivity index (χ4v) is 3.54. The largest absolute Gasteiger partial charge is 0.326 e. The Morgan fingerprint density at radius 3 is 2.74 bits per heavy atom. The zero-order valence-electron chi connectivity index (χ0n) is 12.4. The van der Waals surface area contributed by atoms with E-state index in [1.807, 2.05) is 0 Å². The SMILES string of the molecule is Cc1cc(S(=O)(=O)NCc2ccc3c(c2)CC(=O)N3)ccc1F. The minimum Gasteiger partial charge on any atom is -0.326 e. The van der Waals surface area contributed by atoms with Crippen LogP contribution in [0.25, 0.3) is 0 Å². The standard InChI is InChI=1S/C16H15FN2O3S/c1-10-6-13(3-4-14(10)17)23(21,22)18-9-11-2-5-15-12(7-11)8-16(20)19-15/h2-7,18H,8-9H2,1H3,(H,19,20). The van der Waals surface area contributed by atoms with Gasteiger partial charge in [-0.05, 0) is 47.9 Å². The average molecular weight is 334 g/mol. The lowest BCUT2D eigenvalue weighted by Crippen LogP contribution is -2.23. The maximum Gasteiger partial charge on any atom is 0.240 e. The summed E-state index contributed by atoms with van der Waals surface area (Å²) in [4.78, 5) is 11.3. The fourth-order valence-electron chi connectivity index (χ4n) is 2.44. The molecule has 2 N–H and O–H groups in total. The Labute approximate surface area is 133 Å². The molecule has 7 heteroatoms. The van der Waals surface area contributed by atoms with Gasteiger partial charge in [0.25, 0.3) is 0 Å². The molecule has 5 nitrogen and oxygen atoms in total. The van der Waals surface area contributed by atoms with Crippen molar-refractivity contribution in [2.45, 2.75) is 24.8 Å². The summed E-state index contributed by atoms with van der Waals surface area (Å²) in [5, 5.41) is 2.72. The van der Waals surface area contributed by atoms with E-state index in [9.17, 15) is 17.6 Å². The predicted octanol–water partition coefficient (Wildman–Crippen LogP) is 2.11. The van der Waals surface area contributed by atoms with Crippen LogP contribution < -0.4 is 10.0 Å². The molecule has 1 heterocycles. The molecule has 0 fully saturated rings. The third-order valence-corrected chi connectivity index (χ3v) is 5.10. The zero-order chi connectivity index (χ0) is 16.6. The number of hydrogen-bond donors (Lipinski definition) is 2. The van der Waals surface area contributed by atoms with Crippen LogP contribution in [0, 0.1) is 12.7 Å². The van der Waals surface area contributed by atoms with Crippen molar-refractivity contribution in [2.24, 2.45) is 0 Å². The number of rotatable bonds is 4. The fraction of sp³-hybridized carbons (Fsp3) is 0.188. The molecule has 0 saturated heterocycles. The Morgan fingerprint density at radius 2 is 2.00 bits per heavy atom. The van der Waals surface area contributed by atoms with Gasteiger partial charge >= 0.3 is 0 Å². The topological polar surface area (TPSA) is 75.3 Å². The average Bonchev–Trinajstić information content (AvgIpc) is 2.87. The van der Waals surface area contributed by atoms with Crippen LogP contribution in [-0.4, -0.2) is 14.3 Å². The summed E-state index contributed by atoms with van der Waals surface area (Å²) >= 11 is 0. The van der Waals surface area contributed by atoms with Gasteiger partial charge in [-0.1, -0.05) is 12.1 Å². The highest BCUT2D eigenvalue weighted by Gasteiger charge is 2.19. The Bertz CT molecular complexity index is 894. The zero-order valence-corrected chi connectivity index (χ0v) is 13.2. The van der Waals surface area contributed by atoms with Crippen molar-refractivity contribution in [3.05, 3.63) is 58.9 Å². The Hall–Kier alpha value is -2.25. The molecule has 1 aliphatic rings. The molecule has 2 aromatic rings. The van der Waals surface area contributed by atoms with Crippen LogP contribution in [0.5, 0.6) is 0 Å². The number of sulfonamides is 1. The number of fused-ring (bicyclic) bond motifs is 1. The van der Waals surface area contributed by atoms with E-state index in [0.29, 0.717) is 6.42 Å². The molecule has 0 atom stereocenters. The summed E-state index contributed by atoms with van der Waals surface area (Å²) < 4.78 is 40.2.